The minimum Gasteiger partial charge on any atom is -0.312 e. The second-order valence-electron chi connectivity index (χ2n) is 4.80. The number of nitrogens with zero attached hydrogens (tertiary/aromatic N) is 3. The van der Waals surface area contributed by atoms with Gasteiger partial charge in [0.05, 0.1) is 6.04 Å². The third-order valence-electron chi connectivity index (χ3n) is 3.68. The van der Waals surface area contributed by atoms with Gasteiger partial charge in [-0.25, -0.2) is 4.98 Å². The van der Waals surface area contributed by atoms with Crippen molar-refractivity contribution in [1.29, 1.82) is 0 Å². The van der Waals surface area contributed by atoms with Gasteiger partial charge >= 0.3 is 0 Å². The molecule has 1 unspecified atom stereocenters. The molecule has 4 heterocycles. The molecule has 17 heavy (non-hydrogen) atoms. The first-order valence-electron chi connectivity index (χ1n) is 6.48. The highest BCUT2D eigenvalue weighted by Gasteiger charge is 2.34. The van der Waals surface area contributed by atoms with E-state index in [0.717, 1.165) is 13.1 Å². The van der Waals surface area contributed by atoms with Gasteiger partial charge in [-0.3, -0.25) is 9.80 Å². The van der Waals surface area contributed by atoms with Crippen molar-refractivity contribution >= 4 is 11.3 Å². The predicted molar refractivity (Wildman–Crippen MR) is 70.2 cm³/mol. The van der Waals surface area contributed by atoms with Crippen molar-refractivity contribution in [2.24, 2.45) is 0 Å². The number of rotatable bonds is 4. The van der Waals surface area contributed by atoms with Crippen molar-refractivity contribution in [1.82, 2.24) is 20.1 Å². The molecule has 2 bridgehead atoms. The average Bonchev–Trinajstić information content (AvgIpc) is 2.86. The smallest absolute Gasteiger partial charge is 0.111 e. The van der Waals surface area contributed by atoms with Crippen LogP contribution < -0.4 is 5.32 Å². The van der Waals surface area contributed by atoms with Crippen LogP contribution in [0.25, 0.3) is 0 Å². The van der Waals surface area contributed by atoms with E-state index >= 15 is 0 Å². The van der Waals surface area contributed by atoms with Gasteiger partial charge in [-0.05, 0) is 6.54 Å². The quantitative estimate of drug-likeness (QED) is 0.863. The van der Waals surface area contributed by atoms with Crippen LogP contribution in [-0.2, 0) is 6.54 Å². The summed E-state index contributed by atoms with van der Waals surface area (Å²) in [7, 11) is 0. The number of hydrogen-bond donors (Lipinski definition) is 1. The number of thiazole rings is 1. The Morgan fingerprint density at radius 2 is 2.24 bits per heavy atom. The normalized spacial score (nSPS) is 31.9. The van der Waals surface area contributed by atoms with Gasteiger partial charge in [0.25, 0.3) is 0 Å². The largest absolute Gasteiger partial charge is 0.312 e. The molecule has 0 radical (unpaired) electrons. The van der Waals surface area contributed by atoms with E-state index in [1.165, 1.54) is 42.6 Å². The maximum Gasteiger partial charge on any atom is 0.111 e. The Labute approximate surface area is 107 Å². The Hall–Kier alpha value is -0.490. The standard InChI is InChI=1S/C12H20N4S/c1-2-13-7-10-8-14-12(17-10)11-9-15-3-5-16(11)6-4-15/h8,11,13H,2-7,9H2,1H3. The average molecular weight is 252 g/mol. The Morgan fingerprint density at radius 1 is 1.41 bits per heavy atom. The summed E-state index contributed by atoms with van der Waals surface area (Å²) in [6.07, 6.45) is 2.04. The first-order valence-corrected chi connectivity index (χ1v) is 7.30. The molecule has 3 aliphatic rings. The van der Waals surface area contributed by atoms with Crippen molar-refractivity contribution < 1.29 is 0 Å². The highest BCUT2D eigenvalue weighted by Crippen LogP contribution is 2.31. The summed E-state index contributed by atoms with van der Waals surface area (Å²) < 4.78 is 0. The second-order valence-corrected chi connectivity index (χ2v) is 5.94. The lowest BCUT2D eigenvalue weighted by Crippen LogP contribution is -2.56. The first-order chi connectivity index (χ1) is 8.36. The van der Waals surface area contributed by atoms with Gasteiger partial charge in [0.2, 0.25) is 0 Å². The van der Waals surface area contributed by atoms with Gasteiger partial charge in [0.15, 0.2) is 0 Å². The molecule has 4 rings (SSSR count). The molecule has 94 valence electrons. The molecule has 1 atom stereocenters. The van der Waals surface area contributed by atoms with Crippen LogP contribution in [0.3, 0.4) is 0 Å². The maximum atomic E-state index is 4.62. The van der Waals surface area contributed by atoms with Gasteiger partial charge in [-0.1, -0.05) is 6.92 Å². The molecule has 3 fully saturated rings. The highest BCUT2D eigenvalue weighted by atomic mass is 32.1. The lowest BCUT2D eigenvalue weighted by atomic mass is 10.1. The van der Waals surface area contributed by atoms with Gasteiger partial charge < -0.3 is 5.32 Å². The van der Waals surface area contributed by atoms with Crippen molar-refractivity contribution in [3.05, 3.63) is 16.1 Å². The molecule has 4 nitrogen and oxygen atoms in total. The zero-order valence-corrected chi connectivity index (χ0v) is 11.2. The number of piperazine rings is 3. The Balaban J connectivity index is 1.69. The fraction of sp³-hybridized carbons (Fsp3) is 0.750. The van der Waals surface area contributed by atoms with E-state index in [4.69, 9.17) is 0 Å². The van der Waals surface area contributed by atoms with Crippen molar-refractivity contribution in [2.75, 3.05) is 39.3 Å². The molecule has 0 aromatic carbocycles. The summed E-state index contributed by atoms with van der Waals surface area (Å²) in [6, 6.07) is 0.554. The van der Waals surface area contributed by atoms with E-state index in [1.807, 2.05) is 17.5 Å². The molecule has 1 aromatic heterocycles. The number of aromatic nitrogens is 1. The van der Waals surface area contributed by atoms with E-state index in [0.29, 0.717) is 6.04 Å². The van der Waals surface area contributed by atoms with Gasteiger partial charge in [-0.2, -0.15) is 0 Å². The Kier molecular flexibility index (Phi) is 3.42. The summed E-state index contributed by atoms with van der Waals surface area (Å²) in [5, 5.41) is 4.67. The molecule has 0 aliphatic carbocycles. The van der Waals surface area contributed by atoms with Crippen molar-refractivity contribution in [3.8, 4) is 0 Å². The SMILES string of the molecule is CCNCc1cnc(C2CN3CCN2CC3)s1. The number of hydrogen-bond acceptors (Lipinski definition) is 5. The van der Waals surface area contributed by atoms with Crippen LogP contribution in [0.1, 0.15) is 22.9 Å². The number of fused-ring (bicyclic) bond motifs is 3. The van der Waals surface area contributed by atoms with Crippen molar-refractivity contribution in [2.45, 2.75) is 19.5 Å². The summed E-state index contributed by atoms with van der Waals surface area (Å²) in [6.45, 7) is 10.2. The van der Waals surface area contributed by atoms with E-state index in [1.54, 1.807) is 0 Å². The molecule has 0 spiro atoms. The van der Waals surface area contributed by atoms with Gasteiger partial charge in [0, 0.05) is 50.3 Å². The first kappa shape index (κ1) is 11.6. The molecule has 3 aliphatic heterocycles. The fourth-order valence-electron chi connectivity index (χ4n) is 2.66. The molecule has 5 heteroatoms. The summed E-state index contributed by atoms with van der Waals surface area (Å²) in [4.78, 5) is 11.1. The van der Waals surface area contributed by atoms with E-state index in [2.05, 4.69) is 27.0 Å². The van der Waals surface area contributed by atoms with Crippen LogP contribution in [0.15, 0.2) is 6.20 Å². The minimum absolute atomic E-state index is 0.554. The van der Waals surface area contributed by atoms with Crippen LogP contribution in [0.5, 0.6) is 0 Å². The van der Waals surface area contributed by atoms with Crippen LogP contribution in [0, 0.1) is 0 Å². The molecular weight excluding hydrogens is 232 g/mol. The molecule has 1 N–H and O–H groups in total. The van der Waals surface area contributed by atoms with E-state index < -0.39 is 0 Å². The van der Waals surface area contributed by atoms with Gasteiger partial charge in [-0.15, -0.1) is 11.3 Å². The lowest BCUT2D eigenvalue weighted by molar-refractivity contribution is 0.0122. The highest BCUT2D eigenvalue weighted by molar-refractivity contribution is 7.11. The second kappa shape index (κ2) is 5.02. The third kappa shape index (κ3) is 2.38. The van der Waals surface area contributed by atoms with Crippen LogP contribution in [0.4, 0.5) is 0 Å². The van der Waals surface area contributed by atoms with E-state index in [-0.39, 0.29) is 0 Å². The molecular formula is C12H20N4S. The summed E-state index contributed by atoms with van der Waals surface area (Å²) in [5.74, 6) is 0. The van der Waals surface area contributed by atoms with Gasteiger partial charge in [0.1, 0.15) is 5.01 Å². The minimum atomic E-state index is 0.554. The number of nitrogens with one attached hydrogen (secondary N) is 1. The molecule has 1 aromatic rings. The lowest BCUT2D eigenvalue weighted by Gasteiger charge is -2.46. The zero-order chi connectivity index (χ0) is 11.7. The predicted octanol–water partition coefficient (Wildman–Crippen LogP) is 0.925. The van der Waals surface area contributed by atoms with Crippen molar-refractivity contribution in [3.63, 3.8) is 0 Å². The monoisotopic (exact) mass is 252 g/mol. The van der Waals surface area contributed by atoms with Crippen LogP contribution in [-0.4, -0.2) is 54.1 Å². The topological polar surface area (TPSA) is 31.4 Å². The van der Waals surface area contributed by atoms with Crippen LogP contribution >= 0.6 is 11.3 Å². The van der Waals surface area contributed by atoms with E-state index in [9.17, 15) is 0 Å². The van der Waals surface area contributed by atoms with Crippen LogP contribution in [0.2, 0.25) is 0 Å². The summed E-state index contributed by atoms with van der Waals surface area (Å²) in [5.41, 5.74) is 0. The summed E-state index contributed by atoms with van der Waals surface area (Å²) >= 11 is 1.88. The fourth-order valence-corrected chi connectivity index (χ4v) is 3.67. The Bertz CT molecular complexity index is 370. The maximum absolute atomic E-state index is 4.62. The molecule has 0 amide bonds. The molecule has 0 saturated carbocycles. The molecule has 3 saturated heterocycles. The Morgan fingerprint density at radius 3 is 2.88 bits per heavy atom. The zero-order valence-electron chi connectivity index (χ0n) is 10.4. The third-order valence-corrected chi connectivity index (χ3v) is 4.78.